The maximum absolute atomic E-state index is 10.7. The second-order valence-corrected chi connectivity index (χ2v) is 4.15. The number of methoxy groups -OCH3 is 1. The number of aromatic nitrogens is 2. The van der Waals surface area contributed by atoms with E-state index in [-0.39, 0.29) is 5.56 Å². The van der Waals surface area contributed by atoms with Crippen LogP contribution in [0.4, 0.5) is 0 Å². The normalized spacial score (nSPS) is 10.2. The number of halogens is 1. The second kappa shape index (κ2) is 4.58. The molecule has 2 aromatic rings. The Labute approximate surface area is 106 Å². The number of ether oxygens (including phenoxy) is 1. The van der Waals surface area contributed by atoms with Gasteiger partial charge < -0.3 is 9.84 Å². The number of hydrogen-bond donors (Lipinski definition) is 1. The fourth-order valence-corrected chi connectivity index (χ4v) is 1.90. The number of carboxylic acids is 1. The summed E-state index contributed by atoms with van der Waals surface area (Å²) in [6, 6.07) is 5.36. The van der Waals surface area contributed by atoms with Crippen molar-refractivity contribution < 1.29 is 14.6 Å². The van der Waals surface area contributed by atoms with E-state index < -0.39 is 5.97 Å². The van der Waals surface area contributed by atoms with Gasteiger partial charge in [-0.1, -0.05) is 0 Å². The fraction of sp³-hybridized carbons (Fsp3) is 0.0909. The Hall–Kier alpha value is -1.82. The zero-order valence-electron chi connectivity index (χ0n) is 8.92. The average Bonchev–Trinajstić information content (AvgIpc) is 2.78. The van der Waals surface area contributed by atoms with E-state index in [9.17, 15) is 4.79 Å². The quantitative estimate of drug-likeness (QED) is 0.944. The molecule has 17 heavy (non-hydrogen) atoms. The summed E-state index contributed by atoms with van der Waals surface area (Å²) in [5.74, 6) is -0.285. The monoisotopic (exact) mass is 296 g/mol. The van der Waals surface area contributed by atoms with Gasteiger partial charge in [0.15, 0.2) is 0 Å². The summed E-state index contributed by atoms with van der Waals surface area (Å²) in [4.78, 5) is 10.7. The Balaban J connectivity index is 2.42. The number of carbonyl (C=O) groups is 1. The lowest BCUT2D eigenvalue weighted by molar-refractivity contribution is 0.0697. The molecule has 1 heterocycles. The van der Waals surface area contributed by atoms with E-state index in [1.54, 1.807) is 25.3 Å². The first-order valence-electron chi connectivity index (χ1n) is 4.73. The van der Waals surface area contributed by atoms with Crippen LogP contribution in [0.15, 0.2) is 35.1 Å². The van der Waals surface area contributed by atoms with Crippen molar-refractivity contribution in [3.63, 3.8) is 0 Å². The number of carboxylic acid groups (broad SMARTS) is 1. The van der Waals surface area contributed by atoms with Gasteiger partial charge in [0.25, 0.3) is 0 Å². The minimum atomic E-state index is -0.999. The molecular weight excluding hydrogens is 288 g/mol. The molecule has 1 N–H and O–H groups in total. The van der Waals surface area contributed by atoms with Crippen LogP contribution in [0, 0.1) is 0 Å². The molecule has 0 atom stereocenters. The van der Waals surface area contributed by atoms with Crippen LogP contribution in [0.1, 0.15) is 10.4 Å². The third kappa shape index (κ3) is 2.31. The predicted octanol–water partition coefficient (Wildman–Crippen LogP) is 2.34. The van der Waals surface area contributed by atoms with E-state index in [0.717, 1.165) is 10.2 Å². The first-order chi connectivity index (χ1) is 8.11. The molecule has 1 aromatic heterocycles. The van der Waals surface area contributed by atoms with Gasteiger partial charge in [0.2, 0.25) is 0 Å². The zero-order chi connectivity index (χ0) is 12.4. The van der Waals surface area contributed by atoms with Gasteiger partial charge in [-0.3, -0.25) is 0 Å². The highest BCUT2D eigenvalue weighted by molar-refractivity contribution is 9.10. The summed E-state index contributed by atoms with van der Waals surface area (Å²) in [6.07, 6.45) is 2.76. The Kier molecular flexibility index (Phi) is 3.14. The number of rotatable bonds is 3. The van der Waals surface area contributed by atoms with Crippen LogP contribution in [0.5, 0.6) is 5.75 Å². The van der Waals surface area contributed by atoms with E-state index in [4.69, 9.17) is 9.84 Å². The SMILES string of the molecule is COc1ccc(-n2cc(C(=O)O)cn2)c(Br)c1. The first-order valence-corrected chi connectivity index (χ1v) is 5.53. The number of hydrogen-bond acceptors (Lipinski definition) is 3. The van der Waals surface area contributed by atoms with Crippen molar-refractivity contribution in [2.75, 3.05) is 7.11 Å². The van der Waals surface area contributed by atoms with Crippen LogP contribution in [-0.4, -0.2) is 28.0 Å². The summed E-state index contributed by atoms with van der Waals surface area (Å²) in [6.45, 7) is 0. The molecule has 1 aromatic carbocycles. The topological polar surface area (TPSA) is 64.3 Å². The Bertz CT molecular complexity index is 566. The van der Waals surface area contributed by atoms with E-state index in [2.05, 4.69) is 21.0 Å². The molecule has 0 amide bonds. The summed E-state index contributed by atoms with van der Waals surface area (Å²) < 4.78 is 7.34. The highest BCUT2D eigenvalue weighted by Crippen LogP contribution is 2.25. The largest absolute Gasteiger partial charge is 0.497 e. The van der Waals surface area contributed by atoms with E-state index in [0.29, 0.717) is 5.75 Å². The Morgan fingerprint density at radius 2 is 2.29 bits per heavy atom. The molecule has 0 spiro atoms. The molecule has 5 nitrogen and oxygen atoms in total. The standard InChI is InChI=1S/C11H9BrN2O3/c1-17-8-2-3-10(9(12)4-8)14-6-7(5-13-14)11(15)16/h2-6H,1H3,(H,15,16). The van der Waals surface area contributed by atoms with Crippen LogP contribution in [0.3, 0.4) is 0 Å². The molecular formula is C11H9BrN2O3. The smallest absolute Gasteiger partial charge is 0.338 e. The summed E-state index contributed by atoms with van der Waals surface area (Å²) in [5.41, 5.74) is 0.894. The van der Waals surface area contributed by atoms with Crippen molar-refractivity contribution in [3.05, 3.63) is 40.6 Å². The van der Waals surface area contributed by atoms with Crippen LogP contribution in [0.2, 0.25) is 0 Å². The number of benzene rings is 1. The van der Waals surface area contributed by atoms with Gasteiger partial charge in [-0.2, -0.15) is 5.10 Å². The van der Waals surface area contributed by atoms with Crippen LogP contribution < -0.4 is 4.74 Å². The lowest BCUT2D eigenvalue weighted by Crippen LogP contribution is -1.97. The molecule has 0 saturated carbocycles. The highest BCUT2D eigenvalue weighted by Gasteiger charge is 2.09. The molecule has 0 bridgehead atoms. The molecule has 6 heteroatoms. The van der Waals surface area contributed by atoms with Crippen LogP contribution in [0.25, 0.3) is 5.69 Å². The molecule has 0 radical (unpaired) electrons. The lowest BCUT2D eigenvalue weighted by Gasteiger charge is -2.06. The van der Waals surface area contributed by atoms with Gasteiger partial charge in [-0.05, 0) is 34.1 Å². The van der Waals surface area contributed by atoms with Crippen LogP contribution >= 0.6 is 15.9 Å². The molecule has 0 aliphatic rings. The fourth-order valence-electron chi connectivity index (χ4n) is 1.37. The minimum absolute atomic E-state index is 0.146. The highest BCUT2D eigenvalue weighted by atomic mass is 79.9. The molecule has 0 saturated heterocycles. The Morgan fingerprint density at radius 1 is 1.53 bits per heavy atom. The lowest BCUT2D eigenvalue weighted by atomic mass is 10.3. The van der Waals surface area contributed by atoms with Gasteiger partial charge in [-0.25, -0.2) is 9.48 Å². The molecule has 0 aliphatic carbocycles. The van der Waals surface area contributed by atoms with Crippen molar-refractivity contribution in [3.8, 4) is 11.4 Å². The molecule has 0 fully saturated rings. The number of aromatic carboxylic acids is 1. The van der Waals surface area contributed by atoms with Gasteiger partial charge in [0.1, 0.15) is 5.75 Å². The first kappa shape index (κ1) is 11.7. The maximum atomic E-state index is 10.7. The second-order valence-electron chi connectivity index (χ2n) is 3.30. The van der Waals surface area contributed by atoms with Gasteiger partial charge in [-0.15, -0.1) is 0 Å². The van der Waals surface area contributed by atoms with Gasteiger partial charge in [0, 0.05) is 10.7 Å². The van der Waals surface area contributed by atoms with Crippen molar-refractivity contribution in [2.45, 2.75) is 0 Å². The van der Waals surface area contributed by atoms with E-state index >= 15 is 0 Å². The maximum Gasteiger partial charge on any atom is 0.338 e. The van der Waals surface area contributed by atoms with Crippen molar-refractivity contribution in [1.82, 2.24) is 9.78 Å². The van der Waals surface area contributed by atoms with Crippen molar-refractivity contribution in [1.29, 1.82) is 0 Å². The average molecular weight is 297 g/mol. The van der Waals surface area contributed by atoms with Gasteiger partial charge in [0.05, 0.1) is 24.6 Å². The molecule has 0 unspecified atom stereocenters. The molecule has 2 rings (SSSR count). The molecule has 0 aliphatic heterocycles. The van der Waals surface area contributed by atoms with E-state index in [1.807, 2.05) is 0 Å². The third-order valence-corrected chi connectivity index (χ3v) is 2.87. The van der Waals surface area contributed by atoms with Crippen molar-refractivity contribution in [2.24, 2.45) is 0 Å². The zero-order valence-corrected chi connectivity index (χ0v) is 10.5. The summed E-state index contributed by atoms with van der Waals surface area (Å²) >= 11 is 3.38. The van der Waals surface area contributed by atoms with Crippen molar-refractivity contribution >= 4 is 21.9 Å². The number of nitrogens with zero attached hydrogens (tertiary/aromatic N) is 2. The minimum Gasteiger partial charge on any atom is -0.497 e. The molecule has 88 valence electrons. The third-order valence-electron chi connectivity index (χ3n) is 2.23. The summed E-state index contributed by atoms with van der Waals surface area (Å²) in [5, 5.41) is 12.8. The van der Waals surface area contributed by atoms with Gasteiger partial charge >= 0.3 is 5.97 Å². The van der Waals surface area contributed by atoms with Crippen LogP contribution in [-0.2, 0) is 0 Å². The van der Waals surface area contributed by atoms with E-state index in [1.165, 1.54) is 17.1 Å². The summed E-state index contributed by atoms with van der Waals surface area (Å²) in [7, 11) is 1.58. The predicted molar refractivity (Wildman–Crippen MR) is 64.8 cm³/mol. The Morgan fingerprint density at radius 3 is 2.82 bits per heavy atom.